The third-order valence-corrected chi connectivity index (χ3v) is 4.07. The Kier molecular flexibility index (Phi) is 2.26. The van der Waals surface area contributed by atoms with E-state index in [4.69, 9.17) is 5.73 Å². The van der Waals surface area contributed by atoms with Crippen LogP contribution in [0.25, 0.3) is 0 Å². The zero-order valence-corrected chi connectivity index (χ0v) is 8.89. The van der Waals surface area contributed by atoms with E-state index in [1.54, 1.807) is 0 Å². The van der Waals surface area contributed by atoms with Gasteiger partial charge in [-0.05, 0) is 36.9 Å². The molecule has 3 rings (SSSR count). The Balaban J connectivity index is 1.93. The molecule has 1 aliphatic heterocycles. The molecule has 80 valence electrons. The highest BCUT2D eigenvalue weighted by Gasteiger charge is 2.43. The fourth-order valence-electron chi connectivity index (χ4n) is 3.35. The van der Waals surface area contributed by atoms with Gasteiger partial charge in [0.25, 0.3) is 0 Å². The van der Waals surface area contributed by atoms with Crippen molar-refractivity contribution in [2.45, 2.75) is 18.4 Å². The van der Waals surface area contributed by atoms with Crippen LogP contribution in [0.15, 0.2) is 30.3 Å². The second kappa shape index (κ2) is 3.62. The van der Waals surface area contributed by atoms with Crippen LogP contribution in [0.1, 0.15) is 17.9 Å². The first-order chi connectivity index (χ1) is 7.36. The summed E-state index contributed by atoms with van der Waals surface area (Å²) in [6.07, 6.45) is 1.31. The number of rotatable bonds is 1. The molecule has 0 amide bonds. The van der Waals surface area contributed by atoms with E-state index < -0.39 is 0 Å². The minimum absolute atomic E-state index is 0.354. The summed E-state index contributed by atoms with van der Waals surface area (Å²) in [7, 11) is 0. The Morgan fingerprint density at radius 3 is 2.53 bits per heavy atom. The van der Waals surface area contributed by atoms with Gasteiger partial charge in [-0.1, -0.05) is 30.3 Å². The highest BCUT2D eigenvalue weighted by molar-refractivity contribution is 5.25. The first-order valence-corrected chi connectivity index (χ1v) is 5.87. The topological polar surface area (TPSA) is 38.0 Å². The van der Waals surface area contributed by atoms with Gasteiger partial charge in [0.1, 0.15) is 0 Å². The maximum atomic E-state index is 6.36. The molecule has 2 nitrogen and oxygen atoms in total. The molecule has 2 bridgehead atoms. The van der Waals surface area contributed by atoms with Crippen LogP contribution in [0.2, 0.25) is 0 Å². The molecule has 2 aliphatic rings. The lowest BCUT2D eigenvalue weighted by Gasteiger charge is -2.22. The smallest absolute Gasteiger partial charge is 0.0152 e. The summed E-state index contributed by atoms with van der Waals surface area (Å²) in [5.74, 6) is 2.02. The van der Waals surface area contributed by atoms with Crippen molar-refractivity contribution in [3.8, 4) is 0 Å². The Labute approximate surface area is 90.9 Å². The van der Waals surface area contributed by atoms with Crippen molar-refractivity contribution in [2.24, 2.45) is 17.6 Å². The zero-order chi connectivity index (χ0) is 10.3. The average Bonchev–Trinajstić information content (AvgIpc) is 2.51. The van der Waals surface area contributed by atoms with Gasteiger partial charge in [-0.3, -0.25) is 0 Å². The highest BCUT2D eigenvalue weighted by atomic mass is 14.9. The predicted molar refractivity (Wildman–Crippen MR) is 61.6 cm³/mol. The standard InChI is InChI=1S/C13H18N2/c14-13-11-6-10(7-15-8-11)12(13)9-4-2-1-3-5-9/h1-5,10-13,15H,6-8,14H2/t10-,11+,12-,13-/m1/s1. The summed E-state index contributed by atoms with van der Waals surface area (Å²) in [5.41, 5.74) is 7.79. The Bertz CT molecular complexity index is 334. The largest absolute Gasteiger partial charge is 0.327 e. The average molecular weight is 202 g/mol. The number of hydrogen-bond acceptors (Lipinski definition) is 2. The van der Waals surface area contributed by atoms with E-state index in [1.807, 2.05) is 0 Å². The van der Waals surface area contributed by atoms with E-state index in [0.717, 1.165) is 19.0 Å². The number of nitrogens with two attached hydrogens (primary N) is 1. The number of benzene rings is 1. The van der Waals surface area contributed by atoms with Gasteiger partial charge in [-0.2, -0.15) is 0 Å². The van der Waals surface area contributed by atoms with Crippen LogP contribution < -0.4 is 11.1 Å². The Morgan fingerprint density at radius 1 is 1.07 bits per heavy atom. The van der Waals surface area contributed by atoms with Gasteiger partial charge in [0.15, 0.2) is 0 Å². The van der Waals surface area contributed by atoms with Gasteiger partial charge in [0.05, 0.1) is 0 Å². The lowest BCUT2D eigenvalue weighted by atomic mass is 9.87. The minimum Gasteiger partial charge on any atom is -0.327 e. The normalized spacial score (nSPS) is 39.3. The van der Waals surface area contributed by atoms with E-state index in [1.165, 1.54) is 12.0 Å². The molecule has 1 aromatic carbocycles. The molecule has 0 unspecified atom stereocenters. The van der Waals surface area contributed by atoms with Crippen LogP contribution in [0.5, 0.6) is 0 Å². The van der Waals surface area contributed by atoms with Crippen LogP contribution in [-0.2, 0) is 0 Å². The van der Waals surface area contributed by atoms with Gasteiger partial charge >= 0.3 is 0 Å². The maximum absolute atomic E-state index is 6.36. The van der Waals surface area contributed by atoms with E-state index in [0.29, 0.717) is 17.9 Å². The van der Waals surface area contributed by atoms with E-state index in [2.05, 4.69) is 35.6 Å². The van der Waals surface area contributed by atoms with Crippen molar-refractivity contribution in [2.75, 3.05) is 13.1 Å². The van der Waals surface area contributed by atoms with E-state index in [-0.39, 0.29) is 0 Å². The summed E-state index contributed by atoms with van der Waals surface area (Å²) in [4.78, 5) is 0. The van der Waals surface area contributed by atoms with Crippen molar-refractivity contribution in [3.05, 3.63) is 35.9 Å². The number of hydrogen-bond donors (Lipinski definition) is 2. The second-order valence-electron chi connectivity index (χ2n) is 4.93. The van der Waals surface area contributed by atoms with E-state index >= 15 is 0 Å². The van der Waals surface area contributed by atoms with Gasteiger partial charge in [-0.25, -0.2) is 0 Å². The Hall–Kier alpha value is -0.860. The molecule has 2 heteroatoms. The second-order valence-corrected chi connectivity index (χ2v) is 4.93. The summed E-state index contributed by atoms with van der Waals surface area (Å²) in [6, 6.07) is 11.1. The monoisotopic (exact) mass is 202 g/mol. The quantitative estimate of drug-likeness (QED) is 0.721. The molecule has 1 saturated carbocycles. The maximum Gasteiger partial charge on any atom is 0.0152 e. The summed E-state index contributed by atoms with van der Waals surface area (Å²) >= 11 is 0. The van der Waals surface area contributed by atoms with Gasteiger partial charge in [0, 0.05) is 12.0 Å². The highest BCUT2D eigenvalue weighted by Crippen LogP contribution is 2.43. The Morgan fingerprint density at radius 2 is 1.80 bits per heavy atom. The molecular formula is C13H18N2. The van der Waals surface area contributed by atoms with Crippen molar-refractivity contribution in [1.82, 2.24) is 5.32 Å². The molecule has 1 aromatic rings. The molecule has 0 spiro atoms. The van der Waals surface area contributed by atoms with Gasteiger partial charge in [0.2, 0.25) is 0 Å². The molecule has 1 saturated heterocycles. The van der Waals surface area contributed by atoms with Crippen LogP contribution in [0.3, 0.4) is 0 Å². The third-order valence-electron chi connectivity index (χ3n) is 4.07. The summed E-state index contributed by atoms with van der Waals surface area (Å²) in [6.45, 7) is 2.25. The SMILES string of the molecule is N[C@@H]1[C@@H]2CNC[C@@H](C2)[C@H]1c1ccccc1. The molecule has 2 fully saturated rings. The first kappa shape index (κ1) is 9.37. The molecular weight excluding hydrogens is 184 g/mol. The third kappa shape index (κ3) is 1.48. The fourth-order valence-corrected chi connectivity index (χ4v) is 3.35. The van der Waals surface area contributed by atoms with Crippen molar-refractivity contribution >= 4 is 0 Å². The minimum atomic E-state index is 0.354. The van der Waals surface area contributed by atoms with Crippen LogP contribution >= 0.6 is 0 Å². The molecule has 3 N–H and O–H groups in total. The molecule has 15 heavy (non-hydrogen) atoms. The fraction of sp³-hybridized carbons (Fsp3) is 0.538. The van der Waals surface area contributed by atoms with Crippen molar-refractivity contribution < 1.29 is 0 Å². The molecule has 1 aliphatic carbocycles. The van der Waals surface area contributed by atoms with Crippen LogP contribution in [-0.4, -0.2) is 19.1 Å². The number of fused-ring (bicyclic) bond motifs is 2. The number of piperidine rings is 1. The number of nitrogens with one attached hydrogen (secondary N) is 1. The predicted octanol–water partition coefficient (Wildman–Crippen LogP) is 1.34. The first-order valence-electron chi connectivity index (χ1n) is 5.87. The van der Waals surface area contributed by atoms with Crippen LogP contribution in [0.4, 0.5) is 0 Å². The van der Waals surface area contributed by atoms with Crippen molar-refractivity contribution in [3.63, 3.8) is 0 Å². The van der Waals surface area contributed by atoms with Crippen LogP contribution in [0, 0.1) is 11.8 Å². The van der Waals surface area contributed by atoms with Crippen molar-refractivity contribution in [1.29, 1.82) is 0 Å². The lowest BCUT2D eigenvalue weighted by molar-refractivity contribution is 0.366. The molecule has 0 radical (unpaired) electrons. The summed E-state index contributed by atoms with van der Waals surface area (Å²) in [5, 5.41) is 3.50. The summed E-state index contributed by atoms with van der Waals surface area (Å²) < 4.78 is 0. The zero-order valence-electron chi connectivity index (χ0n) is 8.89. The lowest BCUT2D eigenvalue weighted by Crippen LogP contribution is -2.35. The van der Waals surface area contributed by atoms with Gasteiger partial charge in [-0.15, -0.1) is 0 Å². The van der Waals surface area contributed by atoms with E-state index in [9.17, 15) is 0 Å². The van der Waals surface area contributed by atoms with Gasteiger partial charge < -0.3 is 11.1 Å². The molecule has 4 atom stereocenters. The molecule has 1 heterocycles. The molecule has 0 aromatic heterocycles.